The molecule has 166 valence electrons. The van der Waals surface area contributed by atoms with Gasteiger partial charge in [-0.15, -0.1) is 0 Å². The summed E-state index contributed by atoms with van der Waals surface area (Å²) in [4.78, 5) is 12.5. The second-order valence-corrected chi connectivity index (χ2v) is 13.9. The molecule has 0 heterocycles. The SMILES string of the molecule is O=C(O)C12CC3CC(C1)CC(C14CC5CC(CC(c6ccc(O)c(Br)c6)(C5)C1)C4)(C3)C2. The summed E-state index contributed by atoms with van der Waals surface area (Å²) >= 11 is 3.58. The van der Waals surface area contributed by atoms with Gasteiger partial charge >= 0.3 is 5.97 Å². The monoisotopic (exact) mass is 484 g/mol. The van der Waals surface area contributed by atoms with Crippen LogP contribution in [0.1, 0.15) is 82.6 Å². The predicted molar refractivity (Wildman–Crippen MR) is 122 cm³/mol. The van der Waals surface area contributed by atoms with Gasteiger partial charge in [-0.3, -0.25) is 4.79 Å². The van der Waals surface area contributed by atoms with Crippen LogP contribution in [0, 0.1) is 39.9 Å². The summed E-state index contributed by atoms with van der Waals surface area (Å²) in [5, 5.41) is 20.4. The number of hydrogen-bond donors (Lipinski definition) is 2. The lowest BCUT2D eigenvalue weighted by Gasteiger charge is -2.73. The summed E-state index contributed by atoms with van der Waals surface area (Å²) in [5.74, 6) is 2.71. The zero-order valence-corrected chi connectivity index (χ0v) is 19.8. The standard InChI is InChI=1S/C27H33BrO3/c28-21-5-20(1-2-22(21)29)24-6-16-3-17(7-24)11-26(10-16,14-24)27-12-18-4-19(13-27)9-25(8-18,15-27)23(30)31/h1-2,5,16-19,29H,3-4,6-15H2,(H,30,31). The van der Waals surface area contributed by atoms with Crippen LogP contribution < -0.4 is 0 Å². The number of carboxylic acids is 1. The van der Waals surface area contributed by atoms with E-state index in [4.69, 9.17) is 0 Å². The van der Waals surface area contributed by atoms with E-state index in [0.29, 0.717) is 23.0 Å². The Morgan fingerprint density at radius 2 is 1.39 bits per heavy atom. The molecule has 2 N–H and O–H groups in total. The summed E-state index contributed by atoms with van der Waals surface area (Å²) in [5.41, 5.74) is 1.79. The van der Waals surface area contributed by atoms with E-state index in [-0.39, 0.29) is 10.8 Å². The van der Waals surface area contributed by atoms with Crippen LogP contribution >= 0.6 is 15.9 Å². The van der Waals surface area contributed by atoms with Crippen LogP contribution in [0.15, 0.2) is 22.7 Å². The molecule has 0 radical (unpaired) electrons. The molecule has 4 heteroatoms. The average molecular weight is 485 g/mol. The molecule has 8 bridgehead atoms. The Hall–Kier alpha value is -1.03. The Labute approximate surface area is 193 Å². The summed E-state index contributed by atoms with van der Waals surface area (Å²) < 4.78 is 0.814. The lowest BCUT2D eigenvalue weighted by atomic mass is 9.31. The van der Waals surface area contributed by atoms with E-state index in [0.717, 1.165) is 35.6 Å². The highest BCUT2D eigenvalue weighted by molar-refractivity contribution is 9.10. The zero-order chi connectivity index (χ0) is 21.2. The van der Waals surface area contributed by atoms with Gasteiger partial charge in [-0.05, 0) is 151 Å². The van der Waals surface area contributed by atoms with Gasteiger partial charge in [0, 0.05) is 0 Å². The number of phenols is 1. The first-order valence-corrected chi connectivity index (χ1v) is 13.3. The topological polar surface area (TPSA) is 57.5 Å². The van der Waals surface area contributed by atoms with Crippen LogP contribution in [0.25, 0.3) is 0 Å². The number of carboxylic acid groups (broad SMARTS) is 1. The molecule has 9 rings (SSSR count). The van der Waals surface area contributed by atoms with E-state index in [2.05, 4.69) is 28.1 Å². The van der Waals surface area contributed by atoms with Crippen molar-refractivity contribution in [3.63, 3.8) is 0 Å². The summed E-state index contributed by atoms with van der Waals surface area (Å²) in [7, 11) is 0. The van der Waals surface area contributed by atoms with Crippen LogP contribution in [0.3, 0.4) is 0 Å². The third-order valence-corrected chi connectivity index (χ3v) is 11.9. The molecule has 0 aliphatic heterocycles. The first-order chi connectivity index (χ1) is 14.7. The number of hydrogen-bond acceptors (Lipinski definition) is 2. The molecule has 3 nitrogen and oxygen atoms in total. The van der Waals surface area contributed by atoms with Crippen molar-refractivity contribution in [1.29, 1.82) is 0 Å². The van der Waals surface area contributed by atoms with Crippen molar-refractivity contribution in [2.75, 3.05) is 0 Å². The van der Waals surface area contributed by atoms with Crippen molar-refractivity contribution >= 4 is 21.9 Å². The second-order valence-electron chi connectivity index (χ2n) is 13.0. The van der Waals surface area contributed by atoms with Crippen molar-refractivity contribution in [1.82, 2.24) is 0 Å². The molecular weight excluding hydrogens is 452 g/mol. The Morgan fingerprint density at radius 3 is 1.94 bits per heavy atom. The quantitative estimate of drug-likeness (QED) is 0.503. The molecule has 8 fully saturated rings. The van der Waals surface area contributed by atoms with Gasteiger partial charge in [0.15, 0.2) is 0 Å². The predicted octanol–water partition coefficient (Wildman–Crippen LogP) is 6.66. The molecule has 8 aliphatic carbocycles. The lowest BCUT2D eigenvalue weighted by molar-refractivity contribution is -0.230. The Balaban J connectivity index is 1.34. The van der Waals surface area contributed by atoms with E-state index in [1.807, 2.05) is 6.07 Å². The van der Waals surface area contributed by atoms with Crippen molar-refractivity contribution in [3.05, 3.63) is 28.2 Å². The van der Waals surface area contributed by atoms with E-state index in [1.165, 1.54) is 63.4 Å². The molecule has 0 saturated heterocycles. The van der Waals surface area contributed by atoms with Crippen LogP contribution in [-0.2, 0) is 10.2 Å². The normalized spacial score (nSPS) is 51.4. The maximum absolute atomic E-state index is 12.5. The molecule has 1 aromatic carbocycles. The molecule has 0 spiro atoms. The van der Waals surface area contributed by atoms with Crippen LogP contribution in [-0.4, -0.2) is 16.2 Å². The van der Waals surface area contributed by atoms with Gasteiger partial charge in [-0.1, -0.05) is 6.07 Å². The fourth-order valence-corrected chi connectivity index (χ4v) is 11.6. The van der Waals surface area contributed by atoms with E-state index in [9.17, 15) is 15.0 Å². The largest absolute Gasteiger partial charge is 0.507 e. The maximum atomic E-state index is 12.5. The highest BCUT2D eigenvalue weighted by Crippen LogP contribution is 2.78. The average Bonchev–Trinajstić information content (AvgIpc) is 2.68. The van der Waals surface area contributed by atoms with Gasteiger partial charge in [-0.25, -0.2) is 0 Å². The highest BCUT2D eigenvalue weighted by atomic mass is 79.9. The fourth-order valence-electron chi connectivity index (χ4n) is 11.2. The van der Waals surface area contributed by atoms with Gasteiger partial charge in [0.1, 0.15) is 5.75 Å². The van der Waals surface area contributed by atoms with Crippen LogP contribution in [0.2, 0.25) is 0 Å². The second kappa shape index (κ2) is 5.90. The van der Waals surface area contributed by atoms with Crippen LogP contribution in [0.5, 0.6) is 5.75 Å². The number of aromatic hydroxyl groups is 1. The number of rotatable bonds is 3. The Bertz CT molecular complexity index is 955. The Kier molecular flexibility index (Phi) is 3.70. The van der Waals surface area contributed by atoms with Gasteiger partial charge in [-0.2, -0.15) is 0 Å². The molecule has 8 saturated carbocycles. The van der Waals surface area contributed by atoms with Crippen molar-refractivity contribution < 1.29 is 15.0 Å². The van der Waals surface area contributed by atoms with Crippen molar-refractivity contribution in [3.8, 4) is 5.75 Å². The summed E-state index contributed by atoms with van der Waals surface area (Å²) in [6.07, 6.45) is 14.6. The molecule has 8 aliphatic rings. The van der Waals surface area contributed by atoms with Crippen molar-refractivity contribution in [2.45, 2.75) is 82.5 Å². The van der Waals surface area contributed by atoms with E-state index < -0.39 is 11.4 Å². The molecule has 0 aromatic heterocycles. The summed E-state index contributed by atoms with van der Waals surface area (Å²) in [6, 6.07) is 6.24. The number of phenolic OH excluding ortho intramolecular Hbond substituents is 1. The minimum atomic E-state index is -0.493. The molecule has 31 heavy (non-hydrogen) atoms. The number of halogens is 1. The smallest absolute Gasteiger partial charge is 0.309 e. The minimum absolute atomic E-state index is 0.222. The van der Waals surface area contributed by atoms with E-state index in [1.54, 1.807) is 0 Å². The molecule has 0 amide bonds. The molecule has 1 aromatic rings. The van der Waals surface area contributed by atoms with Gasteiger partial charge in [0.2, 0.25) is 0 Å². The first kappa shape index (κ1) is 19.4. The Morgan fingerprint density at radius 1 is 0.839 bits per heavy atom. The van der Waals surface area contributed by atoms with Gasteiger partial charge in [0.05, 0.1) is 9.89 Å². The van der Waals surface area contributed by atoms with Crippen molar-refractivity contribution in [2.24, 2.45) is 39.9 Å². The molecule has 4 atom stereocenters. The van der Waals surface area contributed by atoms with Crippen LogP contribution in [0.4, 0.5) is 0 Å². The third kappa shape index (κ3) is 2.44. The fraction of sp³-hybridized carbons (Fsp3) is 0.741. The number of benzene rings is 1. The summed E-state index contributed by atoms with van der Waals surface area (Å²) in [6.45, 7) is 0. The lowest BCUT2D eigenvalue weighted by Crippen LogP contribution is -2.66. The van der Waals surface area contributed by atoms with E-state index >= 15 is 0 Å². The first-order valence-electron chi connectivity index (χ1n) is 12.5. The molecular formula is C27H33BrO3. The third-order valence-electron chi connectivity index (χ3n) is 11.3. The minimum Gasteiger partial charge on any atom is -0.507 e. The maximum Gasteiger partial charge on any atom is 0.309 e. The number of carbonyl (C=O) groups is 1. The number of aliphatic carboxylic acids is 1. The molecule has 4 unspecified atom stereocenters. The highest BCUT2D eigenvalue weighted by Gasteiger charge is 2.71. The van der Waals surface area contributed by atoms with Gasteiger partial charge < -0.3 is 10.2 Å². The zero-order valence-electron chi connectivity index (χ0n) is 18.2. The van der Waals surface area contributed by atoms with Gasteiger partial charge in [0.25, 0.3) is 0 Å².